The molecule has 0 aromatic heterocycles. The van der Waals surface area contributed by atoms with Crippen LogP contribution in [0, 0.1) is 0 Å². The highest BCUT2D eigenvalue weighted by atomic mass is 16.7. The van der Waals surface area contributed by atoms with Crippen LogP contribution in [0.25, 0.3) is 0 Å². The lowest BCUT2D eigenvalue weighted by molar-refractivity contribution is -0.870. The van der Waals surface area contributed by atoms with Gasteiger partial charge in [0.2, 0.25) is 0 Å². The fraction of sp³-hybridized carbons (Fsp3) is 0.750. The number of ether oxygens (including phenoxy) is 4. The number of carboxylic acid groups (broad SMARTS) is 1. The molecule has 0 rings (SSSR count). The van der Waals surface area contributed by atoms with Crippen LogP contribution in [-0.4, -0.2) is 82.3 Å². The van der Waals surface area contributed by atoms with Crippen molar-refractivity contribution in [3.05, 3.63) is 122 Å². The minimum atomic E-state index is -1.63. The van der Waals surface area contributed by atoms with Gasteiger partial charge in [-0.2, -0.15) is 0 Å². The minimum Gasteiger partial charge on any atom is -0.545 e. The van der Waals surface area contributed by atoms with E-state index in [4.69, 9.17) is 18.9 Å². The van der Waals surface area contributed by atoms with Crippen LogP contribution in [-0.2, 0) is 33.3 Å². The van der Waals surface area contributed by atoms with E-state index in [1.807, 2.05) is 21.1 Å². The summed E-state index contributed by atoms with van der Waals surface area (Å²) in [7, 11) is 5.94. The first-order valence-electron chi connectivity index (χ1n) is 42.7. The lowest BCUT2D eigenvalue weighted by atomic mass is 10.0. The van der Waals surface area contributed by atoms with Gasteiger partial charge >= 0.3 is 11.9 Å². The summed E-state index contributed by atoms with van der Waals surface area (Å²) in [5.41, 5.74) is 0. The average molecular weight is 1410 g/mol. The van der Waals surface area contributed by atoms with E-state index in [0.29, 0.717) is 17.4 Å². The van der Waals surface area contributed by atoms with E-state index in [9.17, 15) is 19.5 Å². The maximum absolute atomic E-state index is 13.0. The third-order valence-electron chi connectivity index (χ3n) is 18.7. The number of allylic oxidation sites excluding steroid dienone is 20. The van der Waals surface area contributed by atoms with Crippen LogP contribution >= 0.6 is 0 Å². The summed E-state index contributed by atoms with van der Waals surface area (Å²) in [5, 5.41) is 11.9. The lowest BCUT2D eigenvalue weighted by Crippen LogP contribution is -2.44. The SMILES string of the molecule is CC/C=C\C/C=C\C/C=C\C/C=C\C/C=C\C/C=C\C/C=C\C/C=C\C/C=C\CCCCCCCCCC(=O)OC(COC(=O)CCCCCCCCCCCCCCCCCCCCCCCCCCCCCCC/C=C\CCCCCCCCCC)COC(OCC[N+](C)(C)C)C(=O)[O-]. The van der Waals surface area contributed by atoms with Crippen molar-refractivity contribution in [3.8, 4) is 0 Å². The Balaban J connectivity index is 4.01. The zero-order valence-electron chi connectivity index (χ0n) is 66.8. The predicted molar refractivity (Wildman–Crippen MR) is 435 cm³/mol. The zero-order chi connectivity index (χ0) is 73.2. The number of quaternary nitrogens is 1. The predicted octanol–water partition coefficient (Wildman–Crippen LogP) is 26.5. The number of esters is 2. The Morgan fingerprint density at radius 1 is 0.307 bits per heavy atom. The summed E-state index contributed by atoms with van der Waals surface area (Å²) >= 11 is 0. The van der Waals surface area contributed by atoms with Gasteiger partial charge < -0.3 is 33.3 Å². The van der Waals surface area contributed by atoms with Gasteiger partial charge in [-0.25, -0.2) is 0 Å². The van der Waals surface area contributed by atoms with E-state index in [-0.39, 0.29) is 38.6 Å². The third-order valence-corrected chi connectivity index (χ3v) is 18.7. The molecule has 582 valence electrons. The standard InChI is InChI=1S/C92H161NO8/c1-6-8-10-12-14-16-18-20-22-24-26-28-30-32-34-36-38-40-42-43-44-45-46-47-49-50-52-54-56-58-60-62-64-66-68-70-72-74-76-78-80-82-89(94)99-86-88(87-100-92(91(96)97)98-85-84-93(3,4)5)101-90(95)83-81-79-77-75-73-71-69-67-65-63-61-59-57-55-53-51-48-41-39-37-35-33-31-29-27-25-23-21-19-17-15-13-11-9-7-2/h9,11,15,17,21,23-24,26-27,29,33,35,39,41,51,53,57,59,63,65,88,92H,6-8,10,12-14,16,18-20,22,25,28,30-32,34,36-38,40,42-50,52,54-56,58,60-62,64,66-87H2,1-5H3/b11-9-,17-15-,23-21-,26-24-,29-27-,35-33-,41-39-,53-51-,59-57-,65-63-. The fourth-order valence-corrected chi connectivity index (χ4v) is 12.2. The number of rotatable bonds is 79. The molecule has 0 aliphatic rings. The molecular formula is C92H161NO8. The van der Waals surface area contributed by atoms with Crippen molar-refractivity contribution in [2.75, 3.05) is 47.5 Å². The van der Waals surface area contributed by atoms with Gasteiger partial charge in [-0.15, -0.1) is 0 Å². The number of hydrogen-bond donors (Lipinski definition) is 0. The fourth-order valence-electron chi connectivity index (χ4n) is 12.2. The van der Waals surface area contributed by atoms with Crippen molar-refractivity contribution in [1.82, 2.24) is 0 Å². The Hall–Kier alpha value is -4.31. The van der Waals surface area contributed by atoms with Crippen molar-refractivity contribution < 1.29 is 42.9 Å². The van der Waals surface area contributed by atoms with E-state index < -0.39 is 24.3 Å². The Morgan fingerprint density at radius 3 is 0.851 bits per heavy atom. The monoisotopic (exact) mass is 1410 g/mol. The molecule has 0 aromatic carbocycles. The zero-order valence-corrected chi connectivity index (χ0v) is 66.8. The summed E-state index contributed by atoms with van der Waals surface area (Å²) in [6.45, 7) is 4.66. The molecule has 0 amide bonds. The van der Waals surface area contributed by atoms with Crippen LogP contribution in [0.4, 0.5) is 0 Å². The number of likely N-dealkylation sites (N-methyl/N-ethyl adjacent to an activating group) is 1. The first-order chi connectivity index (χ1) is 49.6. The van der Waals surface area contributed by atoms with E-state index in [0.717, 1.165) is 103 Å². The number of unbranched alkanes of at least 4 members (excludes halogenated alkanes) is 44. The number of aliphatic carboxylic acids is 1. The molecule has 0 saturated heterocycles. The molecule has 0 aliphatic heterocycles. The Bertz CT molecular complexity index is 2090. The van der Waals surface area contributed by atoms with Gasteiger partial charge in [0.05, 0.1) is 40.3 Å². The molecule has 0 bridgehead atoms. The highest BCUT2D eigenvalue weighted by Gasteiger charge is 2.22. The van der Waals surface area contributed by atoms with Gasteiger partial charge in [-0.05, 0) is 109 Å². The molecule has 2 atom stereocenters. The number of carboxylic acids is 1. The van der Waals surface area contributed by atoms with Gasteiger partial charge in [0.25, 0.3) is 0 Å². The molecule has 2 unspecified atom stereocenters. The second-order valence-corrected chi connectivity index (χ2v) is 29.7. The van der Waals surface area contributed by atoms with Crippen LogP contribution in [0.15, 0.2) is 122 Å². The van der Waals surface area contributed by atoms with E-state index in [1.54, 1.807) is 0 Å². The smallest absolute Gasteiger partial charge is 0.306 e. The molecule has 0 aliphatic carbocycles. The molecule has 0 heterocycles. The molecule has 101 heavy (non-hydrogen) atoms. The Morgan fingerprint density at radius 2 is 0.564 bits per heavy atom. The summed E-state index contributed by atoms with van der Waals surface area (Å²) in [6.07, 6.45) is 113. The van der Waals surface area contributed by atoms with Gasteiger partial charge in [0.1, 0.15) is 13.2 Å². The van der Waals surface area contributed by atoms with Gasteiger partial charge in [0.15, 0.2) is 12.4 Å². The normalized spacial score (nSPS) is 13.2. The maximum Gasteiger partial charge on any atom is 0.306 e. The average Bonchev–Trinajstić information content (AvgIpc) is 1.25. The molecule has 0 spiro atoms. The van der Waals surface area contributed by atoms with Crippen molar-refractivity contribution >= 4 is 17.9 Å². The molecule has 0 N–H and O–H groups in total. The Kier molecular flexibility index (Phi) is 77.9. The highest BCUT2D eigenvalue weighted by Crippen LogP contribution is 2.19. The van der Waals surface area contributed by atoms with E-state index in [2.05, 4.69) is 135 Å². The lowest BCUT2D eigenvalue weighted by Gasteiger charge is -2.26. The molecule has 0 radical (unpaired) electrons. The number of carbonyl (C=O) groups excluding carboxylic acids is 3. The van der Waals surface area contributed by atoms with Crippen LogP contribution in [0.1, 0.15) is 386 Å². The van der Waals surface area contributed by atoms with Crippen LogP contribution in [0.2, 0.25) is 0 Å². The largest absolute Gasteiger partial charge is 0.545 e. The highest BCUT2D eigenvalue weighted by molar-refractivity contribution is 5.70. The maximum atomic E-state index is 13.0. The van der Waals surface area contributed by atoms with Crippen molar-refractivity contribution in [3.63, 3.8) is 0 Å². The Labute approximate surface area is 625 Å². The third kappa shape index (κ3) is 82.8. The van der Waals surface area contributed by atoms with Gasteiger partial charge in [-0.1, -0.05) is 386 Å². The number of nitrogens with zero attached hydrogens (tertiary/aromatic N) is 1. The van der Waals surface area contributed by atoms with Crippen LogP contribution in [0.3, 0.4) is 0 Å². The summed E-state index contributed by atoms with van der Waals surface area (Å²) in [6, 6.07) is 0. The van der Waals surface area contributed by atoms with E-state index >= 15 is 0 Å². The second kappa shape index (κ2) is 81.4. The molecule has 0 saturated carbocycles. The summed E-state index contributed by atoms with van der Waals surface area (Å²) in [4.78, 5) is 37.6. The van der Waals surface area contributed by atoms with Gasteiger partial charge in [0, 0.05) is 12.8 Å². The molecule has 9 heteroatoms. The van der Waals surface area contributed by atoms with Crippen LogP contribution in [0.5, 0.6) is 0 Å². The number of carbonyl (C=O) groups is 3. The van der Waals surface area contributed by atoms with Crippen molar-refractivity contribution in [2.24, 2.45) is 0 Å². The van der Waals surface area contributed by atoms with E-state index in [1.165, 1.54) is 250 Å². The second-order valence-electron chi connectivity index (χ2n) is 29.7. The quantitative estimate of drug-likeness (QED) is 0.0195. The first kappa shape index (κ1) is 96.7. The number of hydrogen-bond acceptors (Lipinski definition) is 8. The summed E-state index contributed by atoms with van der Waals surface area (Å²) < 4.78 is 22.9. The molecule has 0 fully saturated rings. The topological polar surface area (TPSA) is 111 Å². The first-order valence-corrected chi connectivity index (χ1v) is 42.7. The van der Waals surface area contributed by atoms with Gasteiger partial charge in [-0.3, -0.25) is 9.59 Å². The summed E-state index contributed by atoms with van der Waals surface area (Å²) in [5.74, 6) is -2.29. The minimum absolute atomic E-state index is 0.141. The molecule has 9 nitrogen and oxygen atoms in total. The van der Waals surface area contributed by atoms with Crippen molar-refractivity contribution in [2.45, 2.75) is 399 Å². The molecular weight excluding hydrogens is 1250 g/mol. The van der Waals surface area contributed by atoms with Crippen LogP contribution < -0.4 is 5.11 Å². The molecule has 0 aromatic rings. The van der Waals surface area contributed by atoms with Crippen molar-refractivity contribution in [1.29, 1.82) is 0 Å².